The molecule has 0 saturated heterocycles. The van der Waals surface area contributed by atoms with E-state index in [2.05, 4.69) is 9.97 Å². The van der Waals surface area contributed by atoms with Crippen LogP contribution in [0.5, 0.6) is 17.4 Å². The van der Waals surface area contributed by atoms with Crippen LogP contribution in [0.2, 0.25) is 5.15 Å². The second kappa shape index (κ2) is 6.09. The molecule has 0 aliphatic carbocycles. The maximum atomic E-state index is 6.00. The number of hydrogen-bond donors (Lipinski definition) is 0. The van der Waals surface area contributed by atoms with Gasteiger partial charge in [-0.15, -0.1) is 0 Å². The van der Waals surface area contributed by atoms with Gasteiger partial charge in [0.1, 0.15) is 11.0 Å². The lowest BCUT2D eigenvalue weighted by Gasteiger charge is -2.12. The first-order valence-corrected chi connectivity index (χ1v) is 6.74. The van der Waals surface area contributed by atoms with Crippen LogP contribution in [0.4, 0.5) is 0 Å². The van der Waals surface area contributed by atoms with Crippen molar-refractivity contribution in [3.8, 4) is 17.4 Å². The Labute approximate surface area is 123 Å². The fourth-order valence-electron chi connectivity index (χ4n) is 1.70. The average Bonchev–Trinajstić information content (AvgIpc) is 2.40. The van der Waals surface area contributed by atoms with E-state index in [4.69, 9.17) is 21.1 Å². The molecule has 0 unspecified atom stereocenters. The molecule has 1 heterocycles. The smallest absolute Gasteiger partial charge is 0.224 e. The van der Waals surface area contributed by atoms with E-state index < -0.39 is 0 Å². The summed E-state index contributed by atoms with van der Waals surface area (Å²) in [6.45, 7) is 5.99. The van der Waals surface area contributed by atoms with Crippen molar-refractivity contribution in [2.45, 2.75) is 26.7 Å². The van der Waals surface area contributed by atoms with Gasteiger partial charge in [-0.05, 0) is 24.6 Å². The molecule has 2 aromatic rings. The molecule has 1 aromatic heterocycles. The molecule has 0 N–H and O–H groups in total. The van der Waals surface area contributed by atoms with E-state index >= 15 is 0 Å². The third kappa shape index (κ3) is 3.39. The zero-order valence-corrected chi connectivity index (χ0v) is 12.7. The summed E-state index contributed by atoms with van der Waals surface area (Å²) >= 11 is 6.00. The van der Waals surface area contributed by atoms with Crippen molar-refractivity contribution in [2.75, 3.05) is 7.11 Å². The first-order chi connectivity index (χ1) is 9.49. The highest BCUT2D eigenvalue weighted by atomic mass is 35.5. The number of rotatable bonds is 4. The standard InChI is InChI=1S/C15H17ClN2O2/c1-9(2)15-17-13(16)8-14(18-15)20-11-6-5-10(3)7-12(11)19-4/h5-9H,1-4H3. The van der Waals surface area contributed by atoms with Crippen LogP contribution in [0, 0.1) is 6.92 Å². The summed E-state index contributed by atoms with van der Waals surface area (Å²) in [5.41, 5.74) is 1.10. The van der Waals surface area contributed by atoms with Crippen LogP contribution in [0.3, 0.4) is 0 Å². The molecule has 0 saturated carbocycles. The summed E-state index contributed by atoms with van der Waals surface area (Å²) < 4.78 is 11.1. The van der Waals surface area contributed by atoms with Crippen LogP contribution in [0.1, 0.15) is 31.2 Å². The van der Waals surface area contributed by atoms with Gasteiger partial charge in [0.25, 0.3) is 0 Å². The summed E-state index contributed by atoms with van der Waals surface area (Å²) in [7, 11) is 1.61. The Morgan fingerprint density at radius 3 is 2.50 bits per heavy atom. The van der Waals surface area contributed by atoms with Gasteiger partial charge in [-0.25, -0.2) is 4.98 Å². The first-order valence-electron chi connectivity index (χ1n) is 6.36. The van der Waals surface area contributed by atoms with Crippen molar-refractivity contribution in [3.63, 3.8) is 0 Å². The summed E-state index contributed by atoms with van der Waals surface area (Å²) in [5, 5.41) is 0.366. The van der Waals surface area contributed by atoms with Crippen LogP contribution in [0.25, 0.3) is 0 Å². The van der Waals surface area contributed by atoms with Gasteiger partial charge in [0.05, 0.1) is 7.11 Å². The van der Waals surface area contributed by atoms with Crippen LogP contribution in [0.15, 0.2) is 24.3 Å². The molecule has 1 aromatic carbocycles. The zero-order valence-electron chi connectivity index (χ0n) is 12.0. The Hall–Kier alpha value is -1.81. The number of halogens is 1. The van der Waals surface area contributed by atoms with E-state index in [1.165, 1.54) is 0 Å². The molecule has 0 radical (unpaired) electrons. The maximum absolute atomic E-state index is 6.00. The van der Waals surface area contributed by atoms with Gasteiger partial charge in [0.15, 0.2) is 11.5 Å². The molecule has 0 bridgehead atoms. The minimum atomic E-state index is 0.177. The molecule has 0 aliphatic heterocycles. The predicted molar refractivity (Wildman–Crippen MR) is 78.9 cm³/mol. The number of hydrogen-bond acceptors (Lipinski definition) is 4. The number of benzene rings is 1. The molecule has 5 heteroatoms. The SMILES string of the molecule is COc1cc(C)ccc1Oc1cc(Cl)nc(C(C)C)n1. The summed E-state index contributed by atoms with van der Waals surface area (Å²) in [6.07, 6.45) is 0. The van der Waals surface area contributed by atoms with Crippen molar-refractivity contribution in [1.29, 1.82) is 0 Å². The fourth-order valence-corrected chi connectivity index (χ4v) is 1.88. The predicted octanol–water partition coefficient (Wildman–Crippen LogP) is 4.36. The van der Waals surface area contributed by atoms with Crippen molar-refractivity contribution in [3.05, 3.63) is 40.8 Å². The second-order valence-corrected chi connectivity index (χ2v) is 5.19. The van der Waals surface area contributed by atoms with Gasteiger partial charge in [-0.2, -0.15) is 4.98 Å². The Balaban J connectivity index is 2.34. The second-order valence-electron chi connectivity index (χ2n) is 4.80. The van der Waals surface area contributed by atoms with Gasteiger partial charge in [0.2, 0.25) is 5.88 Å². The van der Waals surface area contributed by atoms with Gasteiger partial charge < -0.3 is 9.47 Å². The number of ether oxygens (including phenoxy) is 2. The molecule has 106 valence electrons. The third-order valence-corrected chi connectivity index (χ3v) is 2.93. The van der Waals surface area contributed by atoms with Crippen molar-refractivity contribution in [1.82, 2.24) is 9.97 Å². The molecular formula is C15H17ClN2O2. The lowest BCUT2D eigenvalue weighted by molar-refractivity contribution is 0.372. The summed E-state index contributed by atoms with van der Waals surface area (Å²) in [6, 6.07) is 7.29. The summed E-state index contributed by atoms with van der Waals surface area (Å²) in [5.74, 6) is 2.50. The molecule has 0 fully saturated rings. The minimum absolute atomic E-state index is 0.177. The number of nitrogens with zero attached hydrogens (tertiary/aromatic N) is 2. The molecular weight excluding hydrogens is 276 g/mol. The third-order valence-electron chi connectivity index (χ3n) is 2.74. The Bertz CT molecular complexity index is 615. The van der Waals surface area contributed by atoms with Crippen molar-refractivity contribution < 1.29 is 9.47 Å². The van der Waals surface area contributed by atoms with Crippen LogP contribution >= 0.6 is 11.6 Å². The number of methoxy groups -OCH3 is 1. The first kappa shape index (κ1) is 14.6. The monoisotopic (exact) mass is 292 g/mol. The van der Waals surface area contributed by atoms with Crippen LogP contribution in [-0.4, -0.2) is 17.1 Å². The maximum Gasteiger partial charge on any atom is 0.224 e. The largest absolute Gasteiger partial charge is 0.493 e. The molecule has 4 nitrogen and oxygen atoms in total. The quantitative estimate of drug-likeness (QED) is 0.785. The molecule has 0 spiro atoms. The van der Waals surface area contributed by atoms with E-state index in [1.807, 2.05) is 39.0 Å². The Morgan fingerprint density at radius 1 is 1.10 bits per heavy atom. The van der Waals surface area contributed by atoms with E-state index in [0.717, 1.165) is 5.56 Å². The number of aryl methyl sites for hydroxylation is 1. The average molecular weight is 293 g/mol. The van der Waals surface area contributed by atoms with Crippen LogP contribution in [-0.2, 0) is 0 Å². The highest BCUT2D eigenvalue weighted by Crippen LogP contribution is 2.32. The van der Waals surface area contributed by atoms with Gasteiger partial charge in [0, 0.05) is 12.0 Å². The lowest BCUT2D eigenvalue weighted by atomic mass is 10.2. The van der Waals surface area contributed by atoms with E-state index in [1.54, 1.807) is 13.2 Å². The van der Waals surface area contributed by atoms with E-state index in [9.17, 15) is 0 Å². The zero-order chi connectivity index (χ0) is 14.7. The van der Waals surface area contributed by atoms with Gasteiger partial charge in [-0.1, -0.05) is 31.5 Å². The highest BCUT2D eigenvalue weighted by molar-refractivity contribution is 6.29. The molecule has 0 amide bonds. The number of aromatic nitrogens is 2. The lowest BCUT2D eigenvalue weighted by Crippen LogP contribution is -2.00. The fraction of sp³-hybridized carbons (Fsp3) is 0.333. The van der Waals surface area contributed by atoms with Crippen molar-refractivity contribution >= 4 is 11.6 Å². The normalized spacial score (nSPS) is 10.7. The Morgan fingerprint density at radius 2 is 1.85 bits per heavy atom. The van der Waals surface area contributed by atoms with E-state index in [-0.39, 0.29) is 5.92 Å². The molecule has 0 aliphatic rings. The highest BCUT2D eigenvalue weighted by Gasteiger charge is 2.11. The van der Waals surface area contributed by atoms with E-state index in [0.29, 0.717) is 28.4 Å². The van der Waals surface area contributed by atoms with Crippen molar-refractivity contribution in [2.24, 2.45) is 0 Å². The van der Waals surface area contributed by atoms with Gasteiger partial charge >= 0.3 is 0 Å². The Kier molecular flexibility index (Phi) is 4.45. The topological polar surface area (TPSA) is 44.2 Å². The molecule has 20 heavy (non-hydrogen) atoms. The molecule has 2 rings (SSSR count). The molecule has 0 atom stereocenters. The summed E-state index contributed by atoms with van der Waals surface area (Å²) in [4.78, 5) is 8.53. The van der Waals surface area contributed by atoms with Gasteiger partial charge in [-0.3, -0.25) is 0 Å². The van der Waals surface area contributed by atoms with Crippen LogP contribution < -0.4 is 9.47 Å². The minimum Gasteiger partial charge on any atom is -0.493 e.